The second-order valence-corrected chi connectivity index (χ2v) is 5.41. The molecule has 20 heavy (non-hydrogen) atoms. The highest BCUT2D eigenvalue weighted by atomic mass is 19.1. The van der Waals surface area contributed by atoms with E-state index < -0.39 is 6.10 Å². The van der Waals surface area contributed by atoms with Crippen LogP contribution in [-0.2, 0) is 4.79 Å². The van der Waals surface area contributed by atoms with Gasteiger partial charge in [0.2, 0.25) is 0 Å². The molecule has 1 aromatic rings. The number of rotatable bonds is 3. The number of carbonyl (C=O) groups is 1. The number of piperazine rings is 1. The molecule has 0 radical (unpaired) electrons. The van der Waals surface area contributed by atoms with E-state index in [4.69, 9.17) is 0 Å². The summed E-state index contributed by atoms with van der Waals surface area (Å²) in [4.78, 5) is 16.2. The molecule has 1 amide bonds. The fourth-order valence-corrected chi connectivity index (χ4v) is 2.42. The van der Waals surface area contributed by atoms with E-state index in [0.717, 1.165) is 13.1 Å². The van der Waals surface area contributed by atoms with Gasteiger partial charge in [0, 0.05) is 32.2 Å². The van der Waals surface area contributed by atoms with Gasteiger partial charge >= 0.3 is 0 Å². The molecule has 1 N–H and O–H groups in total. The molecule has 4 nitrogen and oxygen atoms in total. The quantitative estimate of drug-likeness (QED) is 0.910. The maximum Gasteiger partial charge on any atom is 0.256 e. The van der Waals surface area contributed by atoms with Crippen molar-refractivity contribution in [3.8, 4) is 0 Å². The number of carbonyl (C=O) groups excluding carboxylic acids is 1. The average molecular weight is 280 g/mol. The maximum atomic E-state index is 12.8. The summed E-state index contributed by atoms with van der Waals surface area (Å²) in [7, 11) is 0. The molecule has 0 spiro atoms. The summed E-state index contributed by atoms with van der Waals surface area (Å²) in [5.74, 6) is -0.682. The lowest BCUT2D eigenvalue weighted by Crippen LogP contribution is -2.51. The van der Waals surface area contributed by atoms with Crippen molar-refractivity contribution in [2.75, 3.05) is 26.2 Å². The molecule has 1 saturated heterocycles. The Hall–Kier alpha value is -1.46. The lowest BCUT2D eigenvalue weighted by molar-refractivity contribution is -0.142. The van der Waals surface area contributed by atoms with Gasteiger partial charge < -0.3 is 10.0 Å². The van der Waals surface area contributed by atoms with E-state index in [9.17, 15) is 14.3 Å². The fourth-order valence-electron chi connectivity index (χ4n) is 2.42. The zero-order valence-corrected chi connectivity index (χ0v) is 11.9. The molecule has 1 heterocycles. The number of aliphatic hydroxyl groups is 1. The summed E-state index contributed by atoms with van der Waals surface area (Å²) in [6.45, 7) is 7.14. The molecule has 0 bridgehead atoms. The van der Waals surface area contributed by atoms with Crippen LogP contribution in [0.15, 0.2) is 24.3 Å². The van der Waals surface area contributed by atoms with Gasteiger partial charge in [0.15, 0.2) is 6.10 Å². The normalized spacial score (nSPS) is 18.4. The van der Waals surface area contributed by atoms with Gasteiger partial charge in [-0.3, -0.25) is 9.69 Å². The highest BCUT2D eigenvalue weighted by Crippen LogP contribution is 2.17. The van der Waals surface area contributed by atoms with Crippen LogP contribution in [0.4, 0.5) is 4.39 Å². The second-order valence-electron chi connectivity index (χ2n) is 5.41. The van der Waals surface area contributed by atoms with Crippen LogP contribution in [0.25, 0.3) is 0 Å². The Balaban J connectivity index is 1.96. The Kier molecular flexibility index (Phi) is 4.73. The highest BCUT2D eigenvalue weighted by Gasteiger charge is 2.27. The highest BCUT2D eigenvalue weighted by molar-refractivity contribution is 5.82. The molecule has 1 aliphatic rings. The topological polar surface area (TPSA) is 43.8 Å². The predicted octanol–water partition coefficient (Wildman–Crippen LogP) is 1.41. The van der Waals surface area contributed by atoms with Crippen LogP contribution in [0.5, 0.6) is 0 Å². The Bertz CT molecular complexity index is 453. The number of aliphatic hydroxyl groups excluding tert-OH is 1. The van der Waals surface area contributed by atoms with E-state index >= 15 is 0 Å². The molecule has 1 atom stereocenters. The van der Waals surface area contributed by atoms with Gasteiger partial charge in [0.05, 0.1) is 0 Å². The van der Waals surface area contributed by atoms with Crippen LogP contribution >= 0.6 is 0 Å². The van der Waals surface area contributed by atoms with Gasteiger partial charge in [0.25, 0.3) is 5.91 Å². The van der Waals surface area contributed by atoms with Crippen molar-refractivity contribution < 1.29 is 14.3 Å². The number of halogens is 1. The molecule has 5 heteroatoms. The first kappa shape index (κ1) is 14.9. The number of hydrogen-bond donors (Lipinski definition) is 1. The minimum atomic E-state index is -1.21. The second kappa shape index (κ2) is 6.33. The van der Waals surface area contributed by atoms with Crippen molar-refractivity contribution in [2.45, 2.75) is 26.0 Å². The fraction of sp³-hybridized carbons (Fsp3) is 0.533. The Labute approximate surface area is 118 Å². The van der Waals surface area contributed by atoms with E-state index in [1.54, 1.807) is 4.90 Å². The van der Waals surface area contributed by atoms with Gasteiger partial charge in [-0.1, -0.05) is 12.1 Å². The van der Waals surface area contributed by atoms with Crippen molar-refractivity contribution >= 4 is 5.91 Å². The predicted molar refractivity (Wildman–Crippen MR) is 74.6 cm³/mol. The van der Waals surface area contributed by atoms with Crippen LogP contribution in [0, 0.1) is 5.82 Å². The Morgan fingerprint density at radius 2 is 1.70 bits per heavy atom. The molecule has 1 unspecified atom stereocenters. The molecule has 1 aromatic carbocycles. The van der Waals surface area contributed by atoms with Gasteiger partial charge in [-0.05, 0) is 31.5 Å². The molecule has 1 aliphatic heterocycles. The van der Waals surface area contributed by atoms with E-state index in [-0.39, 0.29) is 11.7 Å². The first-order valence-corrected chi connectivity index (χ1v) is 6.95. The largest absolute Gasteiger partial charge is 0.378 e. The Morgan fingerprint density at radius 3 is 2.20 bits per heavy atom. The maximum absolute atomic E-state index is 12.8. The van der Waals surface area contributed by atoms with Crippen molar-refractivity contribution in [1.29, 1.82) is 0 Å². The molecule has 0 aromatic heterocycles. The van der Waals surface area contributed by atoms with E-state index in [2.05, 4.69) is 18.7 Å². The molecular formula is C15H21FN2O2. The smallest absolute Gasteiger partial charge is 0.256 e. The lowest BCUT2D eigenvalue weighted by atomic mass is 10.1. The summed E-state index contributed by atoms with van der Waals surface area (Å²) >= 11 is 0. The van der Waals surface area contributed by atoms with Crippen molar-refractivity contribution in [2.24, 2.45) is 0 Å². The lowest BCUT2D eigenvalue weighted by Gasteiger charge is -2.37. The third-order valence-electron chi connectivity index (χ3n) is 3.78. The third-order valence-corrected chi connectivity index (χ3v) is 3.78. The van der Waals surface area contributed by atoms with Gasteiger partial charge in [-0.2, -0.15) is 0 Å². The van der Waals surface area contributed by atoms with Gasteiger partial charge in [-0.25, -0.2) is 4.39 Å². The molecule has 1 fully saturated rings. The third kappa shape index (κ3) is 3.35. The number of amides is 1. The van der Waals surface area contributed by atoms with Crippen molar-refractivity contribution in [3.63, 3.8) is 0 Å². The van der Waals surface area contributed by atoms with Gasteiger partial charge in [0.1, 0.15) is 5.82 Å². The van der Waals surface area contributed by atoms with Crippen LogP contribution < -0.4 is 0 Å². The van der Waals surface area contributed by atoms with Gasteiger partial charge in [-0.15, -0.1) is 0 Å². The van der Waals surface area contributed by atoms with E-state index in [1.807, 2.05) is 0 Å². The van der Waals surface area contributed by atoms with E-state index in [0.29, 0.717) is 24.7 Å². The van der Waals surface area contributed by atoms with Crippen molar-refractivity contribution in [1.82, 2.24) is 9.80 Å². The van der Waals surface area contributed by atoms with Crippen LogP contribution in [0.1, 0.15) is 25.5 Å². The molecule has 110 valence electrons. The molecule has 0 aliphatic carbocycles. The minimum absolute atomic E-state index is 0.306. The standard InChI is InChI=1S/C15H21FN2O2/c1-11(2)17-7-9-18(10-8-17)15(20)14(19)12-3-5-13(16)6-4-12/h3-6,11,14,19H,7-10H2,1-2H3. The Morgan fingerprint density at radius 1 is 1.15 bits per heavy atom. The van der Waals surface area contributed by atoms with Crippen LogP contribution in [0.2, 0.25) is 0 Å². The summed E-state index contributed by atoms with van der Waals surface area (Å²) in [6.07, 6.45) is -1.21. The summed E-state index contributed by atoms with van der Waals surface area (Å²) in [6, 6.07) is 5.87. The first-order valence-electron chi connectivity index (χ1n) is 6.95. The SMILES string of the molecule is CC(C)N1CCN(C(=O)C(O)c2ccc(F)cc2)CC1. The zero-order chi connectivity index (χ0) is 14.7. The first-order chi connectivity index (χ1) is 9.49. The minimum Gasteiger partial charge on any atom is -0.378 e. The summed E-state index contributed by atoms with van der Waals surface area (Å²) < 4.78 is 12.8. The zero-order valence-electron chi connectivity index (χ0n) is 11.9. The van der Waals surface area contributed by atoms with Crippen molar-refractivity contribution in [3.05, 3.63) is 35.6 Å². The summed E-state index contributed by atoms with van der Waals surface area (Å²) in [5.41, 5.74) is 0.433. The number of nitrogens with zero attached hydrogens (tertiary/aromatic N) is 2. The van der Waals surface area contributed by atoms with Crippen LogP contribution in [-0.4, -0.2) is 53.0 Å². The number of hydrogen-bond acceptors (Lipinski definition) is 3. The molecule has 2 rings (SSSR count). The summed E-state index contributed by atoms with van der Waals surface area (Å²) in [5, 5.41) is 10.1. The molecule has 0 saturated carbocycles. The van der Waals surface area contributed by atoms with Crippen LogP contribution in [0.3, 0.4) is 0 Å². The average Bonchev–Trinajstić information content (AvgIpc) is 2.46. The number of benzene rings is 1. The molecular weight excluding hydrogens is 259 g/mol. The van der Waals surface area contributed by atoms with E-state index in [1.165, 1.54) is 24.3 Å². The monoisotopic (exact) mass is 280 g/mol.